The number of hydrogen-bond acceptors (Lipinski definition) is 3. The molecule has 2 aliphatic heterocycles. The Kier molecular flexibility index (Phi) is 2.58. The number of nitriles is 1. The molecule has 16 heavy (non-hydrogen) atoms. The summed E-state index contributed by atoms with van der Waals surface area (Å²) >= 11 is 0. The molecule has 2 fully saturated rings. The van der Waals surface area contributed by atoms with Crippen LogP contribution in [0.5, 0.6) is 0 Å². The number of carbonyl (C=O) groups excluding carboxylic acids is 1. The zero-order chi connectivity index (χ0) is 11.8. The van der Waals surface area contributed by atoms with Crippen molar-refractivity contribution < 1.29 is 18.3 Å². The summed E-state index contributed by atoms with van der Waals surface area (Å²) < 4.78 is 30.6. The van der Waals surface area contributed by atoms with E-state index in [2.05, 4.69) is 0 Å². The summed E-state index contributed by atoms with van der Waals surface area (Å²) in [7, 11) is 0. The molecule has 0 spiro atoms. The van der Waals surface area contributed by atoms with Crippen LogP contribution >= 0.6 is 0 Å². The molecule has 0 atom stereocenters. The minimum atomic E-state index is -2.67. The molecule has 2 rings (SSSR count). The van der Waals surface area contributed by atoms with Crippen molar-refractivity contribution >= 4 is 5.91 Å². The molecule has 0 radical (unpaired) electrons. The Morgan fingerprint density at radius 1 is 1.31 bits per heavy atom. The van der Waals surface area contributed by atoms with E-state index in [-0.39, 0.29) is 45.1 Å². The normalized spacial score (nSPS) is 26.7. The second-order valence-electron chi connectivity index (χ2n) is 4.33. The van der Waals surface area contributed by atoms with E-state index in [1.165, 1.54) is 4.90 Å². The Morgan fingerprint density at radius 2 is 1.88 bits per heavy atom. The van der Waals surface area contributed by atoms with Crippen LogP contribution in [0.4, 0.5) is 8.78 Å². The van der Waals surface area contributed by atoms with E-state index in [0.717, 1.165) is 0 Å². The van der Waals surface area contributed by atoms with Gasteiger partial charge in [-0.1, -0.05) is 0 Å². The fraction of sp³-hybridized carbons (Fsp3) is 0.800. The average Bonchev–Trinajstić information content (AvgIpc) is 2.16. The monoisotopic (exact) mass is 230 g/mol. The fourth-order valence-electron chi connectivity index (χ4n) is 1.88. The molecule has 0 unspecified atom stereocenters. The van der Waals surface area contributed by atoms with Crippen LogP contribution in [0.2, 0.25) is 0 Å². The summed E-state index contributed by atoms with van der Waals surface area (Å²) in [5, 5.41) is 8.91. The number of amides is 1. The van der Waals surface area contributed by atoms with Crippen molar-refractivity contribution in [1.82, 2.24) is 4.90 Å². The van der Waals surface area contributed by atoms with Crippen LogP contribution in [-0.4, -0.2) is 43.0 Å². The minimum absolute atomic E-state index is 0.0231. The molecule has 1 amide bonds. The van der Waals surface area contributed by atoms with Crippen molar-refractivity contribution in [3.05, 3.63) is 0 Å². The first-order chi connectivity index (χ1) is 7.49. The maximum Gasteiger partial charge on any atom is 0.251 e. The van der Waals surface area contributed by atoms with Gasteiger partial charge in [-0.3, -0.25) is 4.79 Å². The van der Waals surface area contributed by atoms with Crippen LogP contribution in [0.25, 0.3) is 0 Å². The van der Waals surface area contributed by atoms with Crippen molar-refractivity contribution in [1.29, 1.82) is 5.26 Å². The van der Waals surface area contributed by atoms with Gasteiger partial charge in [0.15, 0.2) is 5.41 Å². The Hall–Kier alpha value is -1.22. The molecule has 4 nitrogen and oxygen atoms in total. The number of carbonyl (C=O) groups is 1. The van der Waals surface area contributed by atoms with Crippen molar-refractivity contribution in [2.24, 2.45) is 5.41 Å². The lowest BCUT2D eigenvalue weighted by Gasteiger charge is -2.40. The van der Waals surface area contributed by atoms with Crippen LogP contribution in [0, 0.1) is 16.7 Å². The van der Waals surface area contributed by atoms with Gasteiger partial charge in [-0.15, -0.1) is 0 Å². The van der Waals surface area contributed by atoms with Crippen LogP contribution in [-0.2, 0) is 9.53 Å². The van der Waals surface area contributed by atoms with Gasteiger partial charge >= 0.3 is 0 Å². The summed E-state index contributed by atoms with van der Waals surface area (Å²) in [6.45, 7) is 0.203. The first kappa shape index (κ1) is 11.3. The average molecular weight is 230 g/mol. The van der Waals surface area contributed by atoms with E-state index < -0.39 is 11.3 Å². The van der Waals surface area contributed by atoms with Crippen LogP contribution in [0.1, 0.15) is 12.8 Å². The molecule has 0 N–H and O–H groups in total. The number of halogens is 2. The Bertz CT molecular complexity index is 337. The van der Waals surface area contributed by atoms with Crippen LogP contribution in [0.3, 0.4) is 0 Å². The number of alkyl halides is 2. The highest BCUT2D eigenvalue weighted by molar-refractivity contribution is 5.86. The highest BCUT2D eigenvalue weighted by atomic mass is 19.3. The molecule has 2 aliphatic rings. The molecule has 88 valence electrons. The lowest BCUT2D eigenvalue weighted by atomic mass is 9.85. The second kappa shape index (κ2) is 3.67. The van der Waals surface area contributed by atoms with E-state index in [0.29, 0.717) is 0 Å². The molecule has 2 heterocycles. The van der Waals surface area contributed by atoms with E-state index in [1.54, 1.807) is 0 Å². The minimum Gasteiger partial charge on any atom is -0.377 e. The third-order valence-electron chi connectivity index (χ3n) is 3.10. The lowest BCUT2D eigenvalue weighted by Crippen LogP contribution is -2.56. The predicted molar refractivity (Wildman–Crippen MR) is 49.6 cm³/mol. The number of ether oxygens (including phenoxy) is 1. The highest BCUT2D eigenvalue weighted by Gasteiger charge is 2.50. The van der Waals surface area contributed by atoms with Gasteiger partial charge in [0.25, 0.3) is 5.92 Å². The van der Waals surface area contributed by atoms with Crippen LogP contribution in [0.15, 0.2) is 0 Å². The quantitative estimate of drug-likeness (QED) is 0.669. The number of piperidine rings is 1. The predicted octanol–water partition coefficient (Wildman–Crippen LogP) is 0.784. The third-order valence-corrected chi connectivity index (χ3v) is 3.10. The zero-order valence-corrected chi connectivity index (χ0v) is 8.71. The Morgan fingerprint density at radius 3 is 2.25 bits per heavy atom. The van der Waals surface area contributed by atoms with Gasteiger partial charge < -0.3 is 9.64 Å². The SMILES string of the molecule is N#CC1(C(=O)N2CCC(F)(F)CC2)COC1. The summed E-state index contributed by atoms with van der Waals surface area (Å²) in [5.41, 5.74) is -1.12. The molecule has 0 bridgehead atoms. The van der Waals surface area contributed by atoms with Gasteiger partial charge in [0, 0.05) is 25.9 Å². The maximum atomic E-state index is 12.9. The highest BCUT2D eigenvalue weighted by Crippen LogP contribution is 2.33. The van der Waals surface area contributed by atoms with Crippen LogP contribution < -0.4 is 0 Å². The summed E-state index contributed by atoms with van der Waals surface area (Å²) in [4.78, 5) is 13.3. The van der Waals surface area contributed by atoms with E-state index in [9.17, 15) is 13.6 Å². The van der Waals surface area contributed by atoms with Gasteiger partial charge in [-0.2, -0.15) is 5.26 Å². The maximum absolute atomic E-state index is 12.9. The second-order valence-corrected chi connectivity index (χ2v) is 4.33. The van der Waals surface area contributed by atoms with Crippen molar-refractivity contribution in [3.63, 3.8) is 0 Å². The number of likely N-dealkylation sites (tertiary alicyclic amines) is 1. The van der Waals surface area contributed by atoms with Crippen molar-refractivity contribution in [2.45, 2.75) is 18.8 Å². The summed E-state index contributed by atoms with van der Waals surface area (Å²) in [6.07, 6.45) is -0.637. The molecule has 0 aromatic rings. The standard InChI is InChI=1S/C10H12F2N2O2/c11-10(12)1-3-14(4-2-10)8(15)9(5-13)6-16-7-9/h1-4,6-7H2. The van der Waals surface area contributed by atoms with Crippen molar-refractivity contribution in [2.75, 3.05) is 26.3 Å². The molecular weight excluding hydrogens is 218 g/mol. The largest absolute Gasteiger partial charge is 0.377 e. The number of rotatable bonds is 1. The summed E-state index contributed by atoms with van der Waals surface area (Å²) in [5.74, 6) is -3.04. The molecule has 0 aromatic carbocycles. The molecule has 2 saturated heterocycles. The molecule has 0 aromatic heterocycles. The van der Waals surface area contributed by atoms with Gasteiger partial charge in [0.05, 0.1) is 19.3 Å². The molecule has 6 heteroatoms. The first-order valence-electron chi connectivity index (χ1n) is 5.15. The van der Waals surface area contributed by atoms with Gasteiger partial charge in [0.2, 0.25) is 5.91 Å². The Balaban J connectivity index is 2.00. The molecular formula is C10H12F2N2O2. The van der Waals surface area contributed by atoms with E-state index >= 15 is 0 Å². The zero-order valence-electron chi connectivity index (χ0n) is 8.71. The molecule has 0 aliphatic carbocycles. The fourth-order valence-corrected chi connectivity index (χ4v) is 1.88. The van der Waals surface area contributed by atoms with Gasteiger partial charge in [-0.05, 0) is 0 Å². The molecule has 0 saturated carbocycles. The van der Waals surface area contributed by atoms with Gasteiger partial charge in [0.1, 0.15) is 0 Å². The topological polar surface area (TPSA) is 53.3 Å². The first-order valence-corrected chi connectivity index (χ1v) is 5.15. The smallest absolute Gasteiger partial charge is 0.251 e. The number of hydrogen-bond donors (Lipinski definition) is 0. The number of nitrogens with zero attached hydrogens (tertiary/aromatic N) is 2. The lowest BCUT2D eigenvalue weighted by molar-refractivity contribution is -0.166. The Labute approximate surface area is 91.8 Å². The van der Waals surface area contributed by atoms with Crippen molar-refractivity contribution in [3.8, 4) is 6.07 Å². The van der Waals surface area contributed by atoms with Gasteiger partial charge in [-0.25, -0.2) is 8.78 Å². The van der Waals surface area contributed by atoms with E-state index in [4.69, 9.17) is 10.00 Å². The third kappa shape index (κ3) is 1.76. The summed E-state index contributed by atoms with van der Waals surface area (Å²) in [6, 6.07) is 1.93. The van der Waals surface area contributed by atoms with E-state index in [1.807, 2.05) is 6.07 Å².